The van der Waals surface area contributed by atoms with E-state index in [2.05, 4.69) is 28.5 Å². The number of benzene rings is 2. The normalized spacial score (nSPS) is 10.8. The van der Waals surface area contributed by atoms with Crippen molar-refractivity contribution in [3.63, 3.8) is 0 Å². The summed E-state index contributed by atoms with van der Waals surface area (Å²) >= 11 is 0. The van der Waals surface area contributed by atoms with Gasteiger partial charge in [0.05, 0.1) is 22.5 Å². The van der Waals surface area contributed by atoms with E-state index in [1.807, 2.05) is 18.5 Å². The van der Waals surface area contributed by atoms with E-state index < -0.39 is 4.92 Å². The van der Waals surface area contributed by atoms with Crippen LogP contribution in [0, 0.1) is 17.0 Å². The summed E-state index contributed by atoms with van der Waals surface area (Å²) in [5, 5.41) is 13.9. The standard InChI is InChI=1S/C16H16N4O2/c1-11-3-8-15-14(9-11)18-16(19(15)2)10-17-12-4-6-13(7-5-12)20(21)22/h3-9,17H,10H2,1-2H3. The van der Waals surface area contributed by atoms with Crippen LogP contribution in [0.5, 0.6) is 0 Å². The molecule has 0 aliphatic heterocycles. The zero-order chi connectivity index (χ0) is 15.7. The summed E-state index contributed by atoms with van der Waals surface area (Å²) in [6, 6.07) is 12.6. The molecule has 0 spiro atoms. The summed E-state index contributed by atoms with van der Waals surface area (Å²) in [6.07, 6.45) is 0. The Kier molecular flexibility index (Phi) is 3.50. The number of fused-ring (bicyclic) bond motifs is 1. The third-order valence-electron chi connectivity index (χ3n) is 3.66. The molecule has 0 unspecified atom stereocenters. The fourth-order valence-corrected chi connectivity index (χ4v) is 2.40. The van der Waals surface area contributed by atoms with Crippen LogP contribution >= 0.6 is 0 Å². The van der Waals surface area contributed by atoms with Crippen LogP contribution < -0.4 is 5.32 Å². The second-order valence-corrected chi connectivity index (χ2v) is 5.24. The van der Waals surface area contributed by atoms with Gasteiger partial charge in [-0.2, -0.15) is 0 Å². The minimum absolute atomic E-state index is 0.0868. The predicted molar refractivity (Wildman–Crippen MR) is 85.9 cm³/mol. The predicted octanol–water partition coefficient (Wildman–Crippen LogP) is 3.40. The molecule has 1 N–H and O–H groups in total. The van der Waals surface area contributed by atoms with Crippen molar-refractivity contribution in [3.8, 4) is 0 Å². The van der Waals surface area contributed by atoms with E-state index in [0.717, 1.165) is 22.5 Å². The van der Waals surface area contributed by atoms with Gasteiger partial charge in [0.2, 0.25) is 0 Å². The number of aryl methyl sites for hydroxylation is 2. The van der Waals surface area contributed by atoms with Crippen LogP contribution in [0.1, 0.15) is 11.4 Å². The Morgan fingerprint density at radius 1 is 1.23 bits per heavy atom. The molecule has 0 aliphatic rings. The number of nitrogens with one attached hydrogen (secondary N) is 1. The van der Waals surface area contributed by atoms with E-state index in [0.29, 0.717) is 6.54 Å². The number of aromatic nitrogens is 2. The van der Waals surface area contributed by atoms with Gasteiger partial charge in [-0.15, -0.1) is 0 Å². The van der Waals surface area contributed by atoms with Crippen molar-refractivity contribution < 1.29 is 4.92 Å². The van der Waals surface area contributed by atoms with Gasteiger partial charge >= 0.3 is 0 Å². The summed E-state index contributed by atoms with van der Waals surface area (Å²) in [5.74, 6) is 0.916. The lowest BCUT2D eigenvalue weighted by atomic mass is 10.2. The largest absolute Gasteiger partial charge is 0.378 e. The van der Waals surface area contributed by atoms with Gasteiger partial charge in [-0.05, 0) is 36.8 Å². The zero-order valence-electron chi connectivity index (χ0n) is 12.4. The van der Waals surface area contributed by atoms with E-state index in [-0.39, 0.29) is 5.69 Å². The third-order valence-corrected chi connectivity index (χ3v) is 3.66. The maximum Gasteiger partial charge on any atom is 0.269 e. The summed E-state index contributed by atoms with van der Waals surface area (Å²) < 4.78 is 2.05. The van der Waals surface area contributed by atoms with Crippen LogP contribution in [0.2, 0.25) is 0 Å². The smallest absolute Gasteiger partial charge is 0.269 e. The van der Waals surface area contributed by atoms with E-state index in [1.54, 1.807) is 12.1 Å². The van der Waals surface area contributed by atoms with Gasteiger partial charge < -0.3 is 9.88 Å². The maximum absolute atomic E-state index is 10.6. The number of imidazole rings is 1. The number of rotatable bonds is 4. The van der Waals surface area contributed by atoms with Gasteiger partial charge in [-0.3, -0.25) is 10.1 Å². The summed E-state index contributed by atoms with van der Waals surface area (Å²) in [5.41, 5.74) is 4.16. The molecule has 6 heteroatoms. The van der Waals surface area contributed by atoms with Crippen molar-refractivity contribution >= 4 is 22.4 Å². The quantitative estimate of drug-likeness (QED) is 0.591. The van der Waals surface area contributed by atoms with Crippen molar-refractivity contribution in [1.29, 1.82) is 0 Å². The highest BCUT2D eigenvalue weighted by Gasteiger charge is 2.08. The van der Waals surface area contributed by atoms with Gasteiger partial charge in [0, 0.05) is 24.9 Å². The van der Waals surface area contributed by atoms with Gasteiger partial charge in [-0.25, -0.2) is 4.98 Å². The first-order valence-corrected chi connectivity index (χ1v) is 6.95. The average molecular weight is 296 g/mol. The summed E-state index contributed by atoms with van der Waals surface area (Å²) in [4.78, 5) is 14.9. The van der Waals surface area contributed by atoms with Gasteiger partial charge in [-0.1, -0.05) is 6.07 Å². The molecular weight excluding hydrogens is 280 g/mol. The maximum atomic E-state index is 10.6. The van der Waals surface area contributed by atoms with Crippen LogP contribution in [0.3, 0.4) is 0 Å². The lowest BCUT2D eigenvalue weighted by molar-refractivity contribution is -0.384. The summed E-state index contributed by atoms with van der Waals surface area (Å²) in [6.45, 7) is 2.60. The molecule has 0 amide bonds. The second-order valence-electron chi connectivity index (χ2n) is 5.24. The zero-order valence-corrected chi connectivity index (χ0v) is 12.4. The summed E-state index contributed by atoms with van der Waals surface area (Å²) in [7, 11) is 1.98. The van der Waals surface area contributed by atoms with Crippen LogP contribution in [0.15, 0.2) is 42.5 Å². The molecule has 0 fully saturated rings. The van der Waals surface area contributed by atoms with Crippen LogP contribution in [0.4, 0.5) is 11.4 Å². The molecule has 0 atom stereocenters. The minimum Gasteiger partial charge on any atom is -0.378 e. The Morgan fingerprint density at radius 2 is 1.95 bits per heavy atom. The highest BCUT2D eigenvalue weighted by Crippen LogP contribution is 2.19. The van der Waals surface area contributed by atoms with Crippen LogP contribution in [0.25, 0.3) is 11.0 Å². The number of nitro benzene ring substituents is 1. The number of hydrogen-bond donors (Lipinski definition) is 1. The molecule has 1 heterocycles. The van der Waals surface area contributed by atoms with E-state index in [9.17, 15) is 10.1 Å². The van der Waals surface area contributed by atoms with E-state index in [4.69, 9.17) is 0 Å². The molecule has 22 heavy (non-hydrogen) atoms. The first kappa shape index (κ1) is 14.1. The molecule has 2 aromatic carbocycles. The Hall–Kier alpha value is -2.89. The average Bonchev–Trinajstić information content (AvgIpc) is 2.81. The lowest BCUT2D eigenvalue weighted by Crippen LogP contribution is -2.05. The highest BCUT2D eigenvalue weighted by molar-refractivity contribution is 5.76. The Balaban J connectivity index is 1.78. The van der Waals surface area contributed by atoms with Crippen LogP contribution in [-0.2, 0) is 13.6 Å². The molecule has 6 nitrogen and oxygen atoms in total. The van der Waals surface area contributed by atoms with Crippen molar-refractivity contribution in [3.05, 3.63) is 64.0 Å². The van der Waals surface area contributed by atoms with Crippen molar-refractivity contribution in [2.24, 2.45) is 7.05 Å². The number of hydrogen-bond acceptors (Lipinski definition) is 4. The monoisotopic (exact) mass is 296 g/mol. The first-order chi connectivity index (χ1) is 10.5. The number of non-ortho nitro benzene ring substituents is 1. The van der Waals surface area contributed by atoms with Crippen molar-refractivity contribution in [1.82, 2.24) is 9.55 Å². The third kappa shape index (κ3) is 2.63. The Labute approximate surface area is 127 Å². The molecule has 0 radical (unpaired) electrons. The van der Waals surface area contributed by atoms with Crippen molar-refractivity contribution in [2.75, 3.05) is 5.32 Å². The van der Waals surface area contributed by atoms with Gasteiger partial charge in [0.25, 0.3) is 5.69 Å². The van der Waals surface area contributed by atoms with Gasteiger partial charge in [0.15, 0.2) is 0 Å². The molecule has 0 bridgehead atoms. The molecule has 3 rings (SSSR count). The second kappa shape index (κ2) is 5.48. The minimum atomic E-state index is -0.405. The molecule has 1 aromatic heterocycles. The van der Waals surface area contributed by atoms with Crippen molar-refractivity contribution in [2.45, 2.75) is 13.5 Å². The Morgan fingerprint density at radius 3 is 2.64 bits per heavy atom. The number of anilines is 1. The fraction of sp³-hybridized carbons (Fsp3) is 0.188. The van der Waals surface area contributed by atoms with Crippen LogP contribution in [-0.4, -0.2) is 14.5 Å². The highest BCUT2D eigenvalue weighted by atomic mass is 16.6. The van der Waals surface area contributed by atoms with Gasteiger partial charge in [0.1, 0.15) is 5.82 Å². The molecule has 3 aromatic rings. The molecule has 112 valence electrons. The fourth-order valence-electron chi connectivity index (χ4n) is 2.40. The number of nitrogens with zero attached hydrogens (tertiary/aromatic N) is 3. The Bertz CT molecular complexity index is 837. The first-order valence-electron chi connectivity index (χ1n) is 6.95. The lowest BCUT2D eigenvalue weighted by Gasteiger charge is -2.06. The molecular formula is C16H16N4O2. The molecule has 0 saturated heterocycles. The topological polar surface area (TPSA) is 73.0 Å². The molecule has 0 saturated carbocycles. The van der Waals surface area contributed by atoms with E-state index in [1.165, 1.54) is 17.7 Å². The molecule has 0 aliphatic carbocycles. The number of nitro groups is 1. The van der Waals surface area contributed by atoms with E-state index >= 15 is 0 Å². The SMILES string of the molecule is Cc1ccc2c(c1)nc(CNc1ccc([N+](=O)[O-])cc1)n2C.